The van der Waals surface area contributed by atoms with Crippen LogP contribution in [0.3, 0.4) is 0 Å². The Morgan fingerprint density at radius 3 is 2.07 bits per heavy atom. The lowest BCUT2D eigenvalue weighted by molar-refractivity contribution is -0.137. The highest BCUT2D eigenvalue weighted by Crippen LogP contribution is 2.36. The van der Waals surface area contributed by atoms with Crippen LogP contribution in [-0.2, 0) is 16.2 Å². The molecule has 3 rings (SSSR count). The summed E-state index contributed by atoms with van der Waals surface area (Å²) in [4.78, 5) is 13.8. The van der Waals surface area contributed by atoms with Crippen LogP contribution < -0.4 is 0 Å². The van der Waals surface area contributed by atoms with E-state index in [9.17, 15) is 26.4 Å². The van der Waals surface area contributed by atoms with Crippen LogP contribution in [-0.4, -0.2) is 49.7 Å². The molecule has 0 radical (unpaired) electrons. The van der Waals surface area contributed by atoms with Gasteiger partial charge in [-0.2, -0.15) is 17.5 Å². The quantitative estimate of drug-likeness (QED) is 0.692. The molecule has 1 fully saturated rings. The summed E-state index contributed by atoms with van der Waals surface area (Å²) in [6, 6.07) is 8.01. The SMILES string of the molecule is Cc1cc(C)cc(C(=O)N2CCN(S(=O)(=O)c3ccc(Cl)c(C(F)(F)F)c3)CC2)c1. The number of halogens is 4. The van der Waals surface area contributed by atoms with Gasteiger partial charge in [-0.25, -0.2) is 8.42 Å². The number of sulfonamides is 1. The van der Waals surface area contributed by atoms with Crippen LogP contribution in [0.1, 0.15) is 27.0 Å². The molecule has 0 aromatic heterocycles. The van der Waals surface area contributed by atoms with E-state index in [0.717, 1.165) is 27.6 Å². The van der Waals surface area contributed by atoms with Gasteiger partial charge in [-0.05, 0) is 44.2 Å². The van der Waals surface area contributed by atoms with Crippen molar-refractivity contribution >= 4 is 27.5 Å². The number of hydrogen-bond donors (Lipinski definition) is 0. The largest absolute Gasteiger partial charge is 0.417 e. The third-order valence-corrected chi connectivity index (χ3v) is 7.10. The Hall–Kier alpha value is -2.10. The number of amides is 1. The number of aryl methyl sites for hydroxylation is 2. The van der Waals surface area contributed by atoms with E-state index in [1.54, 1.807) is 17.0 Å². The number of benzene rings is 2. The molecular weight excluding hydrogens is 441 g/mol. The monoisotopic (exact) mass is 460 g/mol. The maximum atomic E-state index is 13.1. The van der Waals surface area contributed by atoms with Gasteiger partial charge in [-0.3, -0.25) is 4.79 Å². The average molecular weight is 461 g/mol. The van der Waals surface area contributed by atoms with Crippen LogP contribution >= 0.6 is 11.6 Å². The zero-order valence-electron chi connectivity index (χ0n) is 16.3. The molecule has 1 heterocycles. The highest BCUT2D eigenvalue weighted by molar-refractivity contribution is 7.89. The number of carbonyl (C=O) groups is 1. The van der Waals surface area contributed by atoms with Crippen molar-refractivity contribution in [1.82, 2.24) is 9.21 Å². The van der Waals surface area contributed by atoms with E-state index >= 15 is 0 Å². The van der Waals surface area contributed by atoms with Gasteiger partial charge < -0.3 is 4.90 Å². The molecule has 0 saturated carbocycles. The molecule has 1 amide bonds. The number of rotatable bonds is 3. The topological polar surface area (TPSA) is 57.7 Å². The standard InChI is InChI=1S/C20H20ClF3N2O3S/c1-13-9-14(2)11-15(10-13)19(27)25-5-7-26(8-6-25)30(28,29)16-3-4-18(21)17(12-16)20(22,23)24/h3-4,9-12H,5-8H2,1-2H3. The Labute approximate surface area is 178 Å². The molecule has 1 aliphatic heterocycles. The van der Waals surface area contributed by atoms with Gasteiger partial charge in [-0.15, -0.1) is 0 Å². The van der Waals surface area contributed by atoms with E-state index < -0.39 is 31.7 Å². The van der Waals surface area contributed by atoms with Gasteiger partial charge in [0.2, 0.25) is 10.0 Å². The van der Waals surface area contributed by atoms with Crippen molar-refractivity contribution < 1.29 is 26.4 Å². The van der Waals surface area contributed by atoms with Gasteiger partial charge >= 0.3 is 6.18 Å². The Bertz CT molecular complexity index is 1060. The van der Waals surface area contributed by atoms with Crippen molar-refractivity contribution in [3.8, 4) is 0 Å². The van der Waals surface area contributed by atoms with Gasteiger partial charge in [-0.1, -0.05) is 28.8 Å². The zero-order valence-corrected chi connectivity index (χ0v) is 17.9. The van der Waals surface area contributed by atoms with E-state index in [0.29, 0.717) is 11.6 Å². The molecule has 2 aromatic carbocycles. The summed E-state index contributed by atoms with van der Waals surface area (Å²) >= 11 is 5.58. The molecule has 162 valence electrons. The number of alkyl halides is 3. The molecule has 1 aliphatic rings. The van der Waals surface area contributed by atoms with E-state index in [1.807, 2.05) is 19.9 Å². The highest BCUT2D eigenvalue weighted by atomic mass is 35.5. The normalized spacial score (nSPS) is 16.0. The van der Waals surface area contributed by atoms with Crippen LogP contribution in [0, 0.1) is 13.8 Å². The lowest BCUT2D eigenvalue weighted by Gasteiger charge is -2.34. The van der Waals surface area contributed by atoms with E-state index in [2.05, 4.69) is 0 Å². The molecule has 0 spiro atoms. The first-order valence-corrected chi connectivity index (χ1v) is 11.0. The maximum Gasteiger partial charge on any atom is 0.417 e. The fourth-order valence-corrected chi connectivity index (χ4v) is 5.12. The predicted molar refractivity (Wildman–Crippen MR) is 107 cm³/mol. The maximum absolute atomic E-state index is 13.1. The Kier molecular flexibility index (Phi) is 6.18. The fraction of sp³-hybridized carbons (Fsp3) is 0.350. The number of nitrogens with zero attached hydrogens (tertiary/aromatic N) is 2. The lowest BCUT2D eigenvalue weighted by atomic mass is 10.1. The molecule has 0 unspecified atom stereocenters. The van der Waals surface area contributed by atoms with Crippen molar-refractivity contribution in [3.05, 3.63) is 63.7 Å². The van der Waals surface area contributed by atoms with Crippen LogP contribution in [0.4, 0.5) is 13.2 Å². The Balaban J connectivity index is 1.76. The molecule has 0 N–H and O–H groups in total. The minimum atomic E-state index is -4.76. The van der Waals surface area contributed by atoms with Crippen LogP contribution in [0.25, 0.3) is 0 Å². The minimum absolute atomic E-state index is 0.0111. The van der Waals surface area contributed by atoms with Crippen molar-refractivity contribution in [2.24, 2.45) is 0 Å². The van der Waals surface area contributed by atoms with Crippen molar-refractivity contribution in [2.45, 2.75) is 24.9 Å². The minimum Gasteiger partial charge on any atom is -0.336 e. The first-order valence-electron chi connectivity index (χ1n) is 9.14. The lowest BCUT2D eigenvalue weighted by Crippen LogP contribution is -2.50. The second kappa shape index (κ2) is 8.20. The average Bonchev–Trinajstić information content (AvgIpc) is 2.66. The summed E-state index contributed by atoms with van der Waals surface area (Å²) in [6.45, 7) is 4.03. The molecule has 0 atom stereocenters. The first kappa shape index (κ1) is 22.6. The third kappa shape index (κ3) is 4.63. The van der Waals surface area contributed by atoms with Crippen molar-refractivity contribution in [2.75, 3.05) is 26.2 Å². The molecular formula is C20H20ClF3N2O3S. The summed E-state index contributed by atoms with van der Waals surface area (Å²) in [5, 5.41) is -0.565. The van der Waals surface area contributed by atoms with E-state index in [-0.39, 0.29) is 32.1 Å². The zero-order chi connectivity index (χ0) is 22.3. The number of hydrogen-bond acceptors (Lipinski definition) is 3. The van der Waals surface area contributed by atoms with E-state index in [1.165, 1.54) is 0 Å². The predicted octanol–water partition coefficient (Wildman–Crippen LogP) is 4.12. The molecule has 1 saturated heterocycles. The van der Waals surface area contributed by atoms with Gasteiger partial charge in [0.1, 0.15) is 0 Å². The molecule has 30 heavy (non-hydrogen) atoms. The van der Waals surface area contributed by atoms with E-state index in [4.69, 9.17) is 11.6 Å². The third-order valence-electron chi connectivity index (χ3n) is 4.88. The van der Waals surface area contributed by atoms with Gasteiger partial charge in [0, 0.05) is 31.7 Å². The van der Waals surface area contributed by atoms with Crippen LogP contribution in [0.2, 0.25) is 5.02 Å². The summed E-state index contributed by atoms with van der Waals surface area (Å²) in [6.07, 6.45) is -4.76. The van der Waals surface area contributed by atoms with Gasteiger partial charge in [0.05, 0.1) is 15.5 Å². The summed E-state index contributed by atoms with van der Waals surface area (Å²) in [5.74, 6) is -0.204. The molecule has 10 heteroatoms. The van der Waals surface area contributed by atoms with Gasteiger partial charge in [0.25, 0.3) is 5.91 Å². The number of piperazine rings is 1. The van der Waals surface area contributed by atoms with Crippen LogP contribution in [0.5, 0.6) is 0 Å². The summed E-state index contributed by atoms with van der Waals surface area (Å²) in [7, 11) is -4.15. The fourth-order valence-electron chi connectivity index (χ4n) is 3.44. The molecule has 0 bridgehead atoms. The summed E-state index contributed by atoms with van der Waals surface area (Å²) < 4.78 is 66.0. The number of carbonyl (C=O) groups excluding carboxylic acids is 1. The Morgan fingerprint density at radius 2 is 1.53 bits per heavy atom. The Morgan fingerprint density at radius 1 is 0.967 bits per heavy atom. The highest BCUT2D eigenvalue weighted by Gasteiger charge is 2.36. The van der Waals surface area contributed by atoms with Crippen LogP contribution in [0.15, 0.2) is 41.3 Å². The molecule has 0 aliphatic carbocycles. The second-order valence-electron chi connectivity index (χ2n) is 7.21. The summed E-state index contributed by atoms with van der Waals surface area (Å²) in [5.41, 5.74) is 1.22. The van der Waals surface area contributed by atoms with Gasteiger partial charge in [0.15, 0.2) is 0 Å². The first-order chi connectivity index (χ1) is 13.9. The molecule has 2 aromatic rings. The van der Waals surface area contributed by atoms with Crippen molar-refractivity contribution in [1.29, 1.82) is 0 Å². The van der Waals surface area contributed by atoms with Crippen molar-refractivity contribution in [3.63, 3.8) is 0 Å². The smallest absolute Gasteiger partial charge is 0.336 e. The molecule has 5 nitrogen and oxygen atoms in total. The second-order valence-corrected chi connectivity index (χ2v) is 9.56.